The Kier molecular flexibility index (Phi) is 5.75. The highest BCUT2D eigenvalue weighted by molar-refractivity contribution is 5.76. The van der Waals surface area contributed by atoms with E-state index >= 15 is 0 Å². The normalized spacial score (nSPS) is 17.4. The summed E-state index contributed by atoms with van der Waals surface area (Å²) in [6, 6.07) is 4.81. The van der Waals surface area contributed by atoms with Crippen molar-refractivity contribution in [2.24, 2.45) is 5.92 Å². The zero-order valence-electron chi connectivity index (χ0n) is 14.3. The molecule has 134 valence electrons. The second kappa shape index (κ2) is 8.20. The number of hydrogen-bond donors (Lipinski definition) is 2. The van der Waals surface area contributed by atoms with E-state index in [1.807, 2.05) is 0 Å². The van der Waals surface area contributed by atoms with E-state index in [1.165, 1.54) is 6.07 Å². The van der Waals surface area contributed by atoms with Crippen molar-refractivity contribution in [1.82, 2.24) is 20.8 Å². The molecule has 1 aliphatic heterocycles. The van der Waals surface area contributed by atoms with Crippen molar-refractivity contribution < 1.29 is 13.7 Å². The molecule has 1 amide bonds. The van der Waals surface area contributed by atoms with E-state index in [2.05, 4.69) is 20.8 Å². The van der Waals surface area contributed by atoms with Crippen molar-refractivity contribution in [3.63, 3.8) is 0 Å². The molecule has 1 saturated heterocycles. The molecule has 7 heteroatoms. The van der Waals surface area contributed by atoms with Crippen molar-refractivity contribution in [2.75, 3.05) is 19.6 Å². The molecule has 0 aliphatic carbocycles. The highest BCUT2D eigenvalue weighted by Gasteiger charge is 2.15. The molecule has 1 fully saturated rings. The molecule has 6 nitrogen and oxygen atoms in total. The number of aryl methyl sites for hydroxylation is 2. The molecule has 0 radical (unpaired) electrons. The minimum atomic E-state index is -0.305. The van der Waals surface area contributed by atoms with Crippen LogP contribution in [0.15, 0.2) is 22.7 Å². The van der Waals surface area contributed by atoms with Gasteiger partial charge in [0.1, 0.15) is 5.82 Å². The summed E-state index contributed by atoms with van der Waals surface area (Å²) in [5, 5.41) is 10.1. The standard InChI is InChI=1S/C18H23FN4O2/c1-12-4-5-14(9-15(12)19)18-22-17(25-23-18)7-6-16(24)21-11-13-3-2-8-20-10-13/h4-5,9,13,20H,2-3,6-8,10-11H2,1H3,(H,21,24). The first kappa shape index (κ1) is 17.5. The molecule has 3 rings (SSSR count). The average molecular weight is 346 g/mol. The predicted molar refractivity (Wildman–Crippen MR) is 91.4 cm³/mol. The maximum Gasteiger partial charge on any atom is 0.227 e. The minimum Gasteiger partial charge on any atom is -0.356 e. The summed E-state index contributed by atoms with van der Waals surface area (Å²) in [6.07, 6.45) is 2.97. The molecular weight excluding hydrogens is 323 g/mol. The molecule has 0 saturated carbocycles. The first-order valence-electron chi connectivity index (χ1n) is 8.68. The fourth-order valence-electron chi connectivity index (χ4n) is 2.87. The van der Waals surface area contributed by atoms with Gasteiger partial charge in [-0.15, -0.1) is 0 Å². The number of carbonyl (C=O) groups is 1. The topological polar surface area (TPSA) is 80.0 Å². The van der Waals surface area contributed by atoms with E-state index < -0.39 is 0 Å². The molecule has 0 spiro atoms. The zero-order chi connectivity index (χ0) is 17.6. The summed E-state index contributed by atoms with van der Waals surface area (Å²) in [6.45, 7) is 4.42. The minimum absolute atomic E-state index is 0.0216. The van der Waals surface area contributed by atoms with Gasteiger partial charge in [-0.05, 0) is 50.4 Å². The summed E-state index contributed by atoms with van der Waals surface area (Å²) >= 11 is 0. The molecule has 2 aromatic rings. The van der Waals surface area contributed by atoms with Gasteiger partial charge in [-0.25, -0.2) is 4.39 Å². The van der Waals surface area contributed by atoms with Crippen LogP contribution >= 0.6 is 0 Å². The lowest BCUT2D eigenvalue weighted by Gasteiger charge is -2.22. The van der Waals surface area contributed by atoms with Crippen LogP contribution in [0.4, 0.5) is 4.39 Å². The Morgan fingerprint density at radius 1 is 1.48 bits per heavy atom. The van der Waals surface area contributed by atoms with Gasteiger partial charge in [0.15, 0.2) is 0 Å². The van der Waals surface area contributed by atoms with Crippen LogP contribution in [0.25, 0.3) is 11.4 Å². The largest absolute Gasteiger partial charge is 0.356 e. The Morgan fingerprint density at radius 2 is 2.36 bits per heavy atom. The van der Waals surface area contributed by atoms with Crippen molar-refractivity contribution in [3.8, 4) is 11.4 Å². The quantitative estimate of drug-likeness (QED) is 0.838. The number of piperidine rings is 1. The molecule has 25 heavy (non-hydrogen) atoms. The lowest BCUT2D eigenvalue weighted by molar-refractivity contribution is -0.121. The van der Waals surface area contributed by atoms with E-state index in [0.29, 0.717) is 48.1 Å². The zero-order valence-corrected chi connectivity index (χ0v) is 14.3. The molecular formula is C18H23FN4O2. The summed E-state index contributed by atoms with van der Waals surface area (Å²) in [5.74, 6) is 0.893. The van der Waals surface area contributed by atoms with E-state index in [0.717, 1.165) is 25.9 Å². The number of aromatic nitrogens is 2. The number of nitrogens with zero attached hydrogens (tertiary/aromatic N) is 2. The van der Waals surface area contributed by atoms with E-state index in [9.17, 15) is 9.18 Å². The van der Waals surface area contributed by atoms with Gasteiger partial charge in [-0.1, -0.05) is 17.3 Å². The maximum atomic E-state index is 13.6. The first-order chi connectivity index (χ1) is 12.1. The molecule has 2 heterocycles. The SMILES string of the molecule is Cc1ccc(-c2noc(CCC(=O)NCC3CCCNC3)n2)cc1F. The molecule has 0 bridgehead atoms. The Bertz CT molecular complexity index is 726. The van der Waals surface area contributed by atoms with Crippen LogP contribution in [0.3, 0.4) is 0 Å². The molecule has 2 N–H and O–H groups in total. The highest BCUT2D eigenvalue weighted by atomic mass is 19.1. The van der Waals surface area contributed by atoms with E-state index in [4.69, 9.17) is 4.52 Å². The van der Waals surface area contributed by atoms with Gasteiger partial charge in [0.25, 0.3) is 0 Å². The van der Waals surface area contributed by atoms with E-state index in [-0.39, 0.29) is 11.7 Å². The number of benzene rings is 1. The van der Waals surface area contributed by atoms with Gasteiger partial charge >= 0.3 is 0 Å². The van der Waals surface area contributed by atoms with Crippen LogP contribution in [0.1, 0.15) is 30.7 Å². The summed E-state index contributed by atoms with van der Waals surface area (Å²) in [5.41, 5.74) is 1.13. The van der Waals surface area contributed by atoms with Gasteiger partial charge in [-0.3, -0.25) is 4.79 Å². The third kappa shape index (κ3) is 4.85. The average Bonchev–Trinajstić information content (AvgIpc) is 3.10. The third-order valence-electron chi connectivity index (χ3n) is 4.45. The van der Waals surface area contributed by atoms with Crippen molar-refractivity contribution in [3.05, 3.63) is 35.5 Å². The van der Waals surface area contributed by atoms with Crippen LogP contribution in [-0.2, 0) is 11.2 Å². The fraction of sp³-hybridized carbons (Fsp3) is 0.500. The van der Waals surface area contributed by atoms with Gasteiger partial charge in [0.2, 0.25) is 17.6 Å². The predicted octanol–water partition coefficient (Wildman–Crippen LogP) is 2.23. The highest BCUT2D eigenvalue weighted by Crippen LogP contribution is 2.19. The van der Waals surface area contributed by atoms with Crippen molar-refractivity contribution in [2.45, 2.75) is 32.6 Å². The third-order valence-corrected chi connectivity index (χ3v) is 4.45. The fourth-order valence-corrected chi connectivity index (χ4v) is 2.87. The van der Waals surface area contributed by atoms with Crippen LogP contribution in [0, 0.1) is 18.7 Å². The van der Waals surface area contributed by atoms with Crippen LogP contribution in [-0.4, -0.2) is 35.7 Å². The number of hydrogen-bond acceptors (Lipinski definition) is 5. The van der Waals surface area contributed by atoms with Crippen molar-refractivity contribution in [1.29, 1.82) is 0 Å². The molecule has 1 atom stereocenters. The number of nitrogens with one attached hydrogen (secondary N) is 2. The van der Waals surface area contributed by atoms with Gasteiger partial charge < -0.3 is 15.2 Å². The van der Waals surface area contributed by atoms with Crippen LogP contribution in [0.2, 0.25) is 0 Å². The number of carbonyl (C=O) groups excluding carboxylic acids is 1. The summed E-state index contributed by atoms with van der Waals surface area (Å²) < 4.78 is 18.8. The van der Waals surface area contributed by atoms with E-state index in [1.54, 1.807) is 19.1 Å². The molecule has 1 aliphatic rings. The molecule has 1 aromatic carbocycles. The Balaban J connectivity index is 1.47. The molecule has 1 aromatic heterocycles. The Labute approximate surface area is 146 Å². The van der Waals surface area contributed by atoms with Gasteiger partial charge in [0, 0.05) is 24.9 Å². The van der Waals surface area contributed by atoms with Gasteiger partial charge in [0.05, 0.1) is 0 Å². The van der Waals surface area contributed by atoms with Crippen molar-refractivity contribution >= 4 is 5.91 Å². The van der Waals surface area contributed by atoms with Crippen LogP contribution in [0.5, 0.6) is 0 Å². The number of rotatable bonds is 6. The van der Waals surface area contributed by atoms with Gasteiger partial charge in [-0.2, -0.15) is 4.98 Å². The lowest BCUT2D eigenvalue weighted by atomic mass is 10.00. The van der Waals surface area contributed by atoms with Crippen LogP contribution < -0.4 is 10.6 Å². The smallest absolute Gasteiger partial charge is 0.227 e. The maximum absolute atomic E-state index is 13.6. The monoisotopic (exact) mass is 346 g/mol. The summed E-state index contributed by atoms with van der Waals surface area (Å²) in [4.78, 5) is 16.2. The number of halogens is 1. The second-order valence-electron chi connectivity index (χ2n) is 6.49. The lowest BCUT2D eigenvalue weighted by Crippen LogP contribution is -2.38. The second-order valence-corrected chi connectivity index (χ2v) is 6.49. The Morgan fingerprint density at radius 3 is 3.12 bits per heavy atom. The number of amides is 1. The Hall–Kier alpha value is -2.28. The molecule has 1 unspecified atom stereocenters. The first-order valence-corrected chi connectivity index (χ1v) is 8.68. The summed E-state index contributed by atoms with van der Waals surface area (Å²) in [7, 11) is 0.